The van der Waals surface area contributed by atoms with Gasteiger partial charge in [0, 0.05) is 23.2 Å². The molecule has 1 heterocycles. The van der Waals surface area contributed by atoms with Crippen molar-refractivity contribution in [3.63, 3.8) is 0 Å². The second kappa shape index (κ2) is 8.00. The van der Waals surface area contributed by atoms with Crippen molar-refractivity contribution in [2.24, 2.45) is 0 Å². The third kappa shape index (κ3) is 4.89. The predicted octanol–water partition coefficient (Wildman–Crippen LogP) is 1.84. The highest BCUT2D eigenvalue weighted by atomic mass is 32.2. The number of imidazole rings is 1. The Morgan fingerprint density at radius 3 is 2.91 bits per heavy atom. The number of aryl methyl sites for hydroxylation is 2. The third-order valence-electron chi connectivity index (χ3n) is 3.30. The molecule has 22 heavy (non-hydrogen) atoms. The summed E-state index contributed by atoms with van der Waals surface area (Å²) in [6, 6.07) is 5.89. The van der Waals surface area contributed by atoms with Crippen LogP contribution in [-0.2, 0) is 11.2 Å². The van der Waals surface area contributed by atoms with E-state index in [1.807, 2.05) is 19.1 Å². The number of amides is 1. The number of H-pyrrole nitrogens is 1. The fourth-order valence-electron chi connectivity index (χ4n) is 2.20. The molecule has 0 saturated heterocycles. The minimum Gasteiger partial charge on any atom is -0.394 e. The number of aromatic nitrogens is 2. The first-order valence-electron chi connectivity index (χ1n) is 7.16. The van der Waals surface area contributed by atoms with Gasteiger partial charge in [0.15, 0.2) is 0 Å². The molecule has 1 atom stereocenters. The lowest BCUT2D eigenvalue weighted by molar-refractivity contribution is -0.119. The number of hydrogen-bond acceptors (Lipinski definition) is 4. The lowest BCUT2D eigenvalue weighted by Crippen LogP contribution is -2.40. The van der Waals surface area contributed by atoms with Crippen LogP contribution in [0.1, 0.15) is 16.8 Å². The smallest absolute Gasteiger partial charge is 0.230 e. The molecule has 0 bridgehead atoms. The summed E-state index contributed by atoms with van der Waals surface area (Å²) in [6.07, 6.45) is 3.82. The molecule has 118 valence electrons. The number of aliphatic hydroxyl groups excluding tert-OH is 1. The maximum atomic E-state index is 12.0. The predicted molar refractivity (Wildman–Crippen MR) is 87.9 cm³/mol. The zero-order chi connectivity index (χ0) is 15.9. The van der Waals surface area contributed by atoms with E-state index >= 15 is 0 Å². The van der Waals surface area contributed by atoms with Crippen LogP contribution in [-0.4, -0.2) is 39.4 Å². The summed E-state index contributed by atoms with van der Waals surface area (Å²) in [5, 5.41) is 12.2. The standard InChI is InChI=1S/C16H21N3O2S/c1-11-3-4-15(12(2)5-11)22-9-16(21)19-14(8-20)6-13-7-17-10-18-13/h3-5,7,10,14,20H,6,8-9H2,1-2H3,(H,17,18)(H,19,21)/t14-/m0/s1. The van der Waals surface area contributed by atoms with Crippen LogP contribution in [0, 0.1) is 13.8 Å². The Labute approximate surface area is 134 Å². The SMILES string of the molecule is Cc1ccc(SCC(=O)N[C@H](CO)Cc2cnc[nH]2)c(C)c1. The van der Waals surface area contributed by atoms with Gasteiger partial charge in [0.25, 0.3) is 0 Å². The highest BCUT2D eigenvalue weighted by molar-refractivity contribution is 8.00. The van der Waals surface area contributed by atoms with Crippen LogP contribution in [0.15, 0.2) is 35.6 Å². The Morgan fingerprint density at radius 1 is 1.45 bits per heavy atom. The maximum absolute atomic E-state index is 12.0. The third-order valence-corrected chi connectivity index (χ3v) is 4.47. The first-order valence-corrected chi connectivity index (χ1v) is 8.14. The molecule has 0 aliphatic carbocycles. The van der Waals surface area contributed by atoms with Gasteiger partial charge in [-0.15, -0.1) is 11.8 Å². The number of nitrogens with zero attached hydrogens (tertiary/aromatic N) is 1. The molecule has 0 unspecified atom stereocenters. The van der Waals surface area contributed by atoms with Gasteiger partial charge in [-0.1, -0.05) is 17.7 Å². The van der Waals surface area contributed by atoms with Crippen LogP contribution in [0.2, 0.25) is 0 Å². The largest absolute Gasteiger partial charge is 0.394 e. The molecular weight excluding hydrogens is 298 g/mol. The molecule has 0 aliphatic heterocycles. The van der Waals surface area contributed by atoms with Gasteiger partial charge in [0.05, 0.1) is 24.7 Å². The van der Waals surface area contributed by atoms with Crippen LogP contribution in [0.25, 0.3) is 0 Å². The minimum atomic E-state index is -0.298. The molecular formula is C16H21N3O2S. The van der Waals surface area contributed by atoms with E-state index in [4.69, 9.17) is 0 Å². The minimum absolute atomic E-state index is 0.0801. The Kier molecular flexibility index (Phi) is 6.03. The average molecular weight is 319 g/mol. The van der Waals surface area contributed by atoms with Crippen molar-refractivity contribution in [1.29, 1.82) is 0 Å². The summed E-state index contributed by atoms with van der Waals surface area (Å²) in [6.45, 7) is 4.00. The van der Waals surface area contributed by atoms with Crippen molar-refractivity contribution in [2.75, 3.05) is 12.4 Å². The number of nitrogens with one attached hydrogen (secondary N) is 2. The fraction of sp³-hybridized carbons (Fsp3) is 0.375. The molecule has 1 aromatic carbocycles. The summed E-state index contributed by atoms with van der Waals surface area (Å²) in [5.74, 6) is 0.257. The monoisotopic (exact) mass is 319 g/mol. The van der Waals surface area contributed by atoms with E-state index in [2.05, 4.69) is 28.3 Å². The molecule has 0 spiro atoms. The lowest BCUT2D eigenvalue weighted by atomic mass is 10.2. The maximum Gasteiger partial charge on any atom is 0.230 e. The van der Waals surface area contributed by atoms with Gasteiger partial charge in [0.1, 0.15) is 0 Å². The Bertz CT molecular complexity index is 614. The molecule has 0 aliphatic rings. The van der Waals surface area contributed by atoms with Gasteiger partial charge in [-0.2, -0.15) is 0 Å². The van der Waals surface area contributed by atoms with E-state index in [0.29, 0.717) is 12.2 Å². The van der Waals surface area contributed by atoms with E-state index < -0.39 is 0 Å². The second-order valence-corrected chi connectivity index (χ2v) is 6.30. The van der Waals surface area contributed by atoms with Crippen LogP contribution in [0.4, 0.5) is 0 Å². The molecule has 0 fully saturated rings. The summed E-state index contributed by atoms with van der Waals surface area (Å²) in [4.78, 5) is 20.0. The number of thioether (sulfide) groups is 1. The summed E-state index contributed by atoms with van der Waals surface area (Å²) in [7, 11) is 0. The molecule has 0 radical (unpaired) electrons. The number of carbonyl (C=O) groups is 1. The normalized spacial score (nSPS) is 12.1. The Morgan fingerprint density at radius 2 is 2.27 bits per heavy atom. The van der Waals surface area contributed by atoms with E-state index in [9.17, 15) is 9.90 Å². The number of hydrogen-bond donors (Lipinski definition) is 3. The van der Waals surface area contributed by atoms with Crippen molar-refractivity contribution in [3.8, 4) is 0 Å². The quantitative estimate of drug-likeness (QED) is 0.681. The molecule has 1 amide bonds. The molecule has 2 aromatic rings. The average Bonchev–Trinajstić information content (AvgIpc) is 2.98. The van der Waals surface area contributed by atoms with Crippen LogP contribution in [0.3, 0.4) is 0 Å². The van der Waals surface area contributed by atoms with Crippen LogP contribution in [0.5, 0.6) is 0 Å². The number of aliphatic hydroxyl groups is 1. The molecule has 2 rings (SSSR count). The van der Waals surface area contributed by atoms with Gasteiger partial charge in [-0.05, 0) is 25.5 Å². The van der Waals surface area contributed by atoms with Crippen molar-refractivity contribution < 1.29 is 9.90 Å². The number of rotatable bonds is 7. The van der Waals surface area contributed by atoms with Crippen molar-refractivity contribution in [3.05, 3.63) is 47.5 Å². The zero-order valence-corrected chi connectivity index (χ0v) is 13.6. The topological polar surface area (TPSA) is 78.0 Å². The summed E-state index contributed by atoms with van der Waals surface area (Å²) in [5.41, 5.74) is 3.28. The number of aromatic amines is 1. The Balaban J connectivity index is 1.83. The van der Waals surface area contributed by atoms with Crippen molar-refractivity contribution in [1.82, 2.24) is 15.3 Å². The molecule has 6 heteroatoms. The highest BCUT2D eigenvalue weighted by Crippen LogP contribution is 2.22. The van der Waals surface area contributed by atoms with E-state index in [0.717, 1.165) is 10.6 Å². The second-order valence-electron chi connectivity index (χ2n) is 5.29. The summed E-state index contributed by atoms with van der Waals surface area (Å²) < 4.78 is 0. The van der Waals surface area contributed by atoms with Crippen molar-refractivity contribution in [2.45, 2.75) is 31.2 Å². The summed E-state index contributed by atoms with van der Waals surface area (Å²) >= 11 is 1.51. The van der Waals surface area contributed by atoms with Gasteiger partial charge in [-0.3, -0.25) is 4.79 Å². The molecule has 3 N–H and O–H groups in total. The van der Waals surface area contributed by atoms with E-state index in [1.54, 1.807) is 12.5 Å². The molecule has 1 aromatic heterocycles. The zero-order valence-electron chi connectivity index (χ0n) is 12.8. The highest BCUT2D eigenvalue weighted by Gasteiger charge is 2.13. The lowest BCUT2D eigenvalue weighted by Gasteiger charge is -2.15. The van der Waals surface area contributed by atoms with Crippen LogP contribution < -0.4 is 5.32 Å². The van der Waals surface area contributed by atoms with Crippen molar-refractivity contribution >= 4 is 17.7 Å². The molecule has 0 saturated carbocycles. The van der Waals surface area contributed by atoms with E-state index in [1.165, 1.54) is 22.9 Å². The molecule has 5 nitrogen and oxygen atoms in total. The van der Waals surface area contributed by atoms with Gasteiger partial charge in [0.2, 0.25) is 5.91 Å². The number of carbonyl (C=O) groups excluding carboxylic acids is 1. The van der Waals surface area contributed by atoms with Gasteiger partial charge >= 0.3 is 0 Å². The number of benzene rings is 1. The van der Waals surface area contributed by atoms with Gasteiger partial charge in [-0.25, -0.2) is 4.98 Å². The van der Waals surface area contributed by atoms with Gasteiger partial charge < -0.3 is 15.4 Å². The first-order chi connectivity index (χ1) is 10.6. The van der Waals surface area contributed by atoms with Crippen LogP contribution >= 0.6 is 11.8 Å². The Hall–Kier alpha value is -1.79. The van der Waals surface area contributed by atoms with E-state index in [-0.39, 0.29) is 18.6 Å². The first kappa shape index (κ1) is 16.6. The fourth-order valence-corrected chi connectivity index (χ4v) is 3.02.